The molecule has 0 radical (unpaired) electrons. The van der Waals surface area contributed by atoms with Gasteiger partial charge < -0.3 is 23.8 Å². The summed E-state index contributed by atoms with van der Waals surface area (Å²) in [6, 6.07) is -0.611. The number of carbonyl (C=O) groups is 3. The van der Waals surface area contributed by atoms with Gasteiger partial charge in [-0.3, -0.25) is 9.59 Å². The van der Waals surface area contributed by atoms with Crippen LogP contribution in [0.4, 0.5) is 0 Å². The number of nitrogens with zero attached hydrogens (tertiary/aromatic N) is 1. The Labute approximate surface area is 384 Å². The molecule has 0 fully saturated rings. The molecule has 0 amide bonds. The summed E-state index contributed by atoms with van der Waals surface area (Å²) in [5.74, 6) is -1.45. The molecular formula is C54H104NO7+. The highest BCUT2D eigenvalue weighted by Crippen LogP contribution is 2.17. The fraction of sp³-hybridized carbons (Fsp3) is 0.907. The highest BCUT2D eigenvalue weighted by molar-refractivity contribution is 5.72. The van der Waals surface area contributed by atoms with E-state index in [9.17, 15) is 19.5 Å². The maximum Gasteiger partial charge on any atom is 0.362 e. The van der Waals surface area contributed by atoms with Crippen LogP contribution in [0.1, 0.15) is 264 Å². The van der Waals surface area contributed by atoms with Crippen LogP contribution in [0, 0.1) is 0 Å². The van der Waals surface area contributed by atoms with Crippen molar-refractivity contribution < 1.29 is 38.2 Å². The summed E-state index contributed by atoms with van der Waals surface area (Å²) in [6.07, 6.45) is 51.2. The van der Waals surface area contributed by atoms with Gasteiger partial charge in [0.05, 0.1) is 34.4 Å². The molecule has 0 saturated heterocycles. The van der Waals surface area contributed by atoms with Gasteiger partial charge in [-0.2, -0.15) is 0 Å². The van der Waals surface area contributed by atoms with Crippen molar-refractivity contribution in [2.24, 2.45) is 0 Å². The summed E-state index contributed by atoms with van der Waals surface area (Å²) in [5.41, 5.74) is 0. The van der Waals surface area contributed by atoms with Gasteiger partial charge in [0.15, 0.2) is 12.1 Å². The van der Waals surface area contributed by atoms with Crippen molar-refractivity contribution in [2.75, 3.05) is 41.0 Å². The summed E-state index contributed by atoms with van der Waals surface area (Å²) >= 11 is 0. The summed E-state index contributed by atoms with van der Waals surface area (Å²) in [5, 5.41) is 9.66. The van der Waals surface area contributed by atoms with Crippen LogP contribution >= 0.6 is 0 Å². The number of carboxylic acids is 1. The zero-order chi connectivity index (χ0) is 45.6. The van der Waals surface area contributed by atoms with Crippen LogP contribution in [-0.2, 0) is 28.6 Å². The van der Waals surface area contributed by atoms with E-state index >= 15 is 0 Å². The zero-order valence-corrected chi connectivity index (χ0v) is 41.9. The second-order valence-corrected chi connectivity index (χ2v) is 19.5. The minimum absolute atomic E-state index is 0.0448. The summed E-state index contributed by atoms with van der Waals surface area (Å²) in [6.45, 7) is 4.79. The van der Waals surface area contributed by atoms with E-state index in [-0.39, 0.29) is 36.2 Å². The monoisotopic (exact) mass is 879 g/mol. The summed E-state index contributed by atoms with van der Waals surface area (Å²) in [4.78, 5) is 37.2. The Morgan fingerprint density at radius 3 is 1.16 bits per heavy atom. The molecule has 1 N–H and O–H groups in total. The third-order valence-corrected chi connectivity index (χ3v) is 12.4. The Kier molecular flexibility index (Phi) is 44.2. The number of ether oxygens (including phenoxy) is 3. The maximum atomic E-state index is 12.8. The van der Waals surface area contributed by atoms with Gasteiger partial charge in [-0.05, 0) is 38.5 Å². The van der Waals surface area contributed by atoms with Gasteiger partial charge in [0, 0.05) is 19.3 Å². The molecule has 0 aliphatic carbocycles. The molecule has 62 heavy (non-hydrogen) atoms. The minimum atomic E-state index is -0.870. The normalized spacial score (nSPS) is 12.9. The van der Waals surface area contributed by atoms with Crippen molar-refractivity contribution in [3.63, 3.8) is 0 Å². The molecule has 0 aliphatic heterocycles. The topological polar surface area (TPSA) is 99.1 Å². The van der Waals surface area contributed by atoms with E-state index < -0.39 is 18.1 Å². The van der Waals surface area contributed by atoms with E-state index in [2.05, 4.69) is 26.0 Å². The van der Waals surface area contributed by atoms with Crippen LogP contribution in [-0.4, -0.2) is 80.6 Å². The molecule has 2 unspecified atom stereocenters. The number of rotatable bonds is 49. The van der Waals surface area contributed by atoms with Crippen LogP contribution in [0.25, 0.3) is 0 Å². The Hall–Kier alpha value is -1.93. The molecule has 0 aromatic carbocycles. The zero-order valence-electron chi connectivity index (χ0n) is 41.9. The lowest BCUT2D eigenvalue weighted by Crippen LogP contribution is -2.50. The van der Waals surface area contributed by atoms with Crippen molar-refractivity contribution in [2.45, 2.75) is 276 Å². The molecule has 0 saturated carbocycles. The SMILES string of the molecule is CCCCCCCC/C=C\CCCCCCCCCCCC(=O)OC(COCCC(C(=O)O)[N+](C)(C)C)COC(=O)CCCCCCCCCCCCCCCCCCCCC. The number of likely N-dealkylation sites (N-methyl/N-ethyl adjacent to an activating group) is 1. The summed E-state index contributed by atoms with van der Waals surface area (Å²) < 4.78 is 17.4. The molecule has 0 aliphatic rings. The first kappa shape index (κ1) is 60.1. The Morgan fingerprint density at radius 2 is 0.806 bits per heavy atom. The van der Waals surface area contributed by atoms with Crippen LogP contribution in [0.15, 0.2) is 12.2 Å². The van der Waals surface area contributed by atoms with Gasteiger partial charge in [0.1, 0.15) is 6.61 Å². The van der Waals surface area contributed by atoms with E-state index in [1.165, 1.54) is 193 Å². The molecular weight excluding hydrogens is 775 g/mol. The Bertz CT molecular complexity index is 1020. The predicted molar refractivity (Wildman–Crippen MR) is 262 cm³/mol. The molecule has 366 valence electrons. The standard InChI is InChI=1S/C54H103NO7/c1-6-8-10-12-14-16-18-20-22-24-26-28-30-32-34-36-38-40-42-44-52(56)61-49-50(48-60-47-46-51(54(58)59)55(3,4)5)62-53(57)45-43-41-39-37-35-33-31-29-27-25-23-21-19-17-15-13-11-9-7-2/h21,23,50-51H,6-20,22,24-49H2,1-5H3/p+1/b23-21-. The highest BCUT2D eigenvalue weighted by atomic mass is 16.6. The Morgan fingerprint density at radius 1 is 0.468 bits per heavy atom. The molecule has 0 aromatic rings. The molecule has 0 bridgehead atoms. The first-order valence-corrected chi connectivity index (χ1v) is 26.7. The minimum Gasteiger partial charge on any atom is -0.477 e. The van der Waals surface area contributed by atoms with E-state index in [4.69, 9.17) is 14.2 Å². The number of hydrogen-bond donors (Lipinski definition) is 1. The van der Waals surface area contributed by atoms with Gasteiger partial charge >= 0.3 is 17.9 Å². The van der Waals surface area contributed by atoms with Crippen LogP contribution in [0.2, 0.25) is 0 Å². The number of aliphatic carboxylic acids is 1. The van der Waals surface area contributed by atoms with E-state index in [0.29, 0.717) is 19.3 Å². The second kappa shape index (κ2) is 45.6. The lowest BCUT2D eigenvalue weighted by atomic mass is 10.0. The first-order chi connectivity index (χ1) is 30.1. The van der Waals surface area contributed by atoms with E-state index in [1.807, 2.05) is 21.1 Å². The third-order valence-electron chi connectivity index (χ3n) is 12.4. The predicted octanol–water partition coefficient (Wildman–Crippen LogP) is 15.4. The van der Waals surface area contributed by atoms with Crippen LogP contribution in [0.3, 0.4) is 0 Å². The average Bonchev–Trinajstić information content (AvgIpc) is 3.23. The van der Waals surface area contributed by atoms with Gasteiger partial charge in [-0.15, -0.1) is 0 Å². The number of unbranched alkanes of at least 4 members (excludes halogenated alkanes) is 33. The van der Waals surface area contributed by atoms with Crippen LogP contribution in [0.5, 0.6) is 0 Å². The third kappa shape index (κ3) is 43.3. The van der Waals surface area contributed by atoms with Crippen molar-refractivity contribution in [1.82, 2.24) is 0 Å². The van der Waals surface area contributed by atoms with Gasteiger partial charge in [-0.25, -0.2) is 4.79 Å². The number of esters is 2. The van der Waals surface area contributed by atoms with Crippen molar-refractivity contribution in [3.8, 4) is 0 Å². The van der Waals surface area contributed by atoms with Crippen LogP contribution < -0.4 is 0 Å². The molecule has 8 nitrogen and oxygen atoms in total. The fourth-order valence-corrected chi connectivity index (χ4v) is 8.27. The van der Waals surface area contributed by atoms with Gasteiger partial charge in [0.2, 0.25) is 0 Å². The lowest BCUT2D eigenvalue weighted by Gasteiger charge is -2.31. The Balaban J connectivity index is 4.19. The van der Waals surface area contributed by atoms with Gasteiger partial charge in [0.25, 0.3) is 0 Å². The number of quaternary nitrogens is 1. The maximum absolute atomic E-state index is 12.8. The smallest absolute Gasteiger partial charge is 0.362 e. The van der Waals surface area contributed by atoms with E-state index in [1.54, 1.807) is 0 Å². The molecule has 0 rings (SSSR count). The van der Waals surface area contributed by atoms with Crippen molar-refractivity contribution in [1.29, 1.82) is 0 Å². The quantitative estimate of drug-likeness (QED) is 0.0281. The molecule has 0 heterocycles. The van der Waals surface area contributed by atoms with Gasteiger partial charge in [-0.1, -0.05) is 219 Å². The first-order valence-electron chi connectivity index (χ1n) is 26.7. The van der Waals surface area contributed by atoms with Crippen molar-refractivity contribution >= 4 is 17.9 Å². The largest absolute Gasteiger partial charge is 0.477 e. The molecule has 2 atom stereocenters. The summed E-state index contributed by atoms with van der Waals surface area (Å²) in [7, 11) is 5.55. The number of carboxylic acid groups (broad SMARTS) is 1. The number of carbonyl (C=O) groups excluding carboxylic acids is 2. The number of allylic oxidation sites excluding steroid dienone is 2. The average molecular weight is 879 g/mol. The van der Waals surface area contributed by atoms with E-state index in [0.717, 1.165) is 38.5 Å². The molecule has 8 heteroatoms. The highest BCUT2D eigenvalue weighted by Gasteiger charge is 2.31. The number of hydrogen-bond acceptors (Lipinski definition) is 6. The van der Waals surface area contributed by atoms with Crippen molar-refractivity contribution in [3.05, 3.63) is 12.2 Å². The molecule has 0 aromatic heterocycles. The fourth-order valence-electron chi connectivity index (χ4n) is 8.27. The molecule has 0 spiro atoms. The lowest BCUT2D eigenvalue weighted by molar-refractivity contribution is -0.887. The second-order valence-electron chi connectivity index (χ2n) is 19.5.